The highest BCUT2D eigenvalue weighted by molar-refractivity contribution is 7.90. The predicted octanol–water partition coefficient (Wildman–Crippen LogP) is 4.94. The van der Waals surface area contributed by atoms with Crippen LogP contribution in [-0.2, 0) is 95.0 Å². The van der Waals surface area contributed by atoms with Crippen molar-refractivity contribution in [3.05, 3.63) is 192 Å². The van der Waals surface area contributed by atoms with Gasteiger partial charge in [0.2, 0.25) is 47.3 Å². The second-order valence-corrected chi connectivity index (χ2v) is 34.1. The molecule has 0 unspecified atom stereocenters. The summed E-state index contributed by atoms with van der Waals surface area (Å²) >= 11 is 0. The van der Waals surface area contributed by atoms with Gasteiger partial charge in [-0.15, -0.1) is 5.10 Å². The smallest absolute Gasteiger partial charge is 0.326 e. The number of pyridine rings is 1. The molecule has 0 spiro atoms. The molecule has 10 bridgehead atoms. The molecule has 6 aromatic carbocycles. The number of carboxylic acid groups (broad SMARTS) is 1. The average molecular weight is 1640 g/mol. The van der Waals surface area contributed by atoms with Crippen LogP contribution in [0.1, 0.15) is 115 Å². The highest BCUT2D eigenvalue weighted by atomic mass is 32.2. The fourth-order valence-corrected chi connectivity index (χ4v) is 15.5. The van der Waals surface area contributed by atoms with Crippen molar-refractivity contribution in [3.8, 4) is 11.5 Å². The second kappa shape index (κ2) is 38.6. The number of hydrogen-bond acceptors (Lipinski definition) is 20. The zero-order chi connectivity index (χ0) is 84.8. The Morgan fingerprint density at radius 1 is 0.568 bits per heavy atom. The number of aromatic nitrogens is 4. The van der Waals surface area contributed by atoms with Crippen LogP contribution < -0.4 is 56.7 Å². The largest absolute Gasteiger partial charge is 0.494 e. The molecule has 12 atom stereocenters. The fraction of sp³-hybridized carbons (Fsp3) is 0.430. The van der Waals surface area contributed by atoms with E-state index in [0.29, 0.717) is 52.3 Å². The standard InChI is InChI=1S/C86H105N15O16S/c1-51(87-9)75(102)94-73(85(3,4)5)82(109)99-48-62-45-70(99)80(107)91-67(44-56-25-31-58-20-12-14-22-60(58)40-56)78(105)93-69(84(111)112)42-54-26-32-63(33-27-54)115-37-17-18-38-116-65-46-71(100(49-65)83(110)74(86(6,7)8)95-76(103)52(2)88-10)81(108)92-66(43-55-24-30-57-19-11-13-21-59(57)39-55)77(104)90-68(79(106)97-118(113,114)72-23-15-16-36-89-72)41-53-28-34-64(35-29-53)117-50-61-47-101(62)98-96-61/h11-16,19-36,39-40,47,51-52,62,65-71,73-74,87-88H,17-18,37-38,41-46,48-50H2,1-10H3,(H,90,104)(H,91,107)(H,92,108)(H,93,105)(H,94,102)(H,95,103)(H,97,106)(H,111,112)/t51-,52-,62-,65-,66-,67-,68-,69-,70-,71-,73+,74+/m0/s1. The van der Waals surface area contributed by atoms with Gasteiger partial charge in [0.25, 0.3) is 15.9 Å². The maximum atomic E-state index is 15.4. The molecule has 0 radical (unpaired) electrons. The lowest BCUT2D eigenvalue weighted by Gasteiger charge is -2.36. The van der Waals surface area contributed by atoms with Crippen LogP contribution in [-0.4, -0.2) is 209 Å². The summed E-state index contributed by atoms with van der Waals surface area (Å²) in [5.41, 5.74) is 0.659. The molecule has 8 aromatic rings. The Bertz CT molecular complexity index is 5060. The van der Waals surface area contributed by atoms with Gasteiger partial charge in [-0.3, -0.25) is 43.2 Å². The molecule has 32 heteroatoms. The number of hydrogen-bond donors (Lipinski definition) is 10. The third-order valence-corrected chi connectivity index (χ3v) is 22.8. The Morgan fingerprint density at radius 2 is 1.05 bits per heavy atom. The van der Waals surface area contributed by atoms with E-state index < -0.39 is 158 Å². The molecule has 118 heavy (non-hydrogen) atoms. The van der Waals surface area contributed by atoms with Gasteiger partial charge in [-0.05, 0) is 132 Å². The molecule has 9 amide bonds. The molecule has 0 saturated carbocycles. The number of ether oxygens (including phenoxy) is 3. The number of fused-ring (bicyclic) bond motifs is 2. The van der Waals surface area contributed by atoms with E-state index in [1.807, 2.05) is 78.9 Å². The Kier molecular flexibility index (Phi) is 28.5. The molecule has 626 valence electrons. The molecule has 2 aromatic heterocycles. The van der Waals surface area contributed by atoms with E-state index >= 15 is 24.0 Å². The number of benzene rings is 6. The summed E-state index contributed by atoms with van der Waals surface area (Å²) in [5.74, 6) is -7.10. The lowest BCUT2D eigenvalue weighted by molar-refractivity contribution is -0.145. The van der Waals surface area contributed by atoms with Crippen LogP contribution in [0.5, 0.6) is 11.5 Å². The van der Waals surface area contributed by atoms with Gasteiger partial charge >= 0.3 is 5.97 Å². The van der Waals surface area contributed by atoms with Crippen molar-refractivity contribution >= 4 is 90.7 Å². The lowest BCUT2D eigenvalue weighted by atomic mass is 9.85. The third kappa shape index (κ3) is 22.5. The molecule has 8 heterocycles. The first kappa shape index (κ1) is 87.1. The zero-order valence-corrected chi connectivity index (χ0v) is 68.7. The zero-order valence-electron chi connectivity index (χ0n) is 67.9. The van der Waals surface area contributed by atoms with Crippen molar-refractivity contribution in [2.45, 2.75) is 191 Å². The van der Waals surface area contributed by atoms with Gasteiger partial charge in [0.15, 0.2) is 5.03 Å². The molecule has 2 fully saturated rings. The van der Waals surface area contributed by atoms with Crippen molar-refractivity contribution in [2.24, 2.45) is 10.8 Å². The summed E-state index contributed by atoms with van der Waals surface area (Å²) in [7, 11) is -1.45. The van der Waals surface area contributed by atoms with Gasteiger partial charge in [0.1, 0.15) is 72.1 Å². The number of carbonyl (C=O) groups excluding carboxylic acids is 9. The molecule has 2 saturated heterocycles. The number of carboxylic acids is 1. The minimum absolute atomic E-state index is 0.0455. The number of amides is 9. The van der Waals surface area contributed by atoms with Gasteiger partial charge < -0.3 is 71.7 Å². The van der Waals surface area contributed by atoms with Crippen molar-refractivity contribution in [2.75, 3.05) is 40.4 Å². The van der Waals surface area contributed by atoms with E-state index in [4.69, 9.17) is 14.2 Å². The van der Waals surface area contributed by atoms with Crippen molar-refractivity contribution in [1.29, 1.82) is 0 Å². The molecular weight excluding hydrogens is 1530 g/mol. The number of sulfonamides is 1. The van der Waals surface area contributed by atoms with Gasteiger partial charge in [-0.25, -0.2) is 19.2 Å². The predicted molar refractivity (Wildman–Crippen MR) is 438 cm³/mol. The summed E-state index contributed by atoms with van der Waals surface area (Å²) < 4.78 is 50.2. The quantitative estimate of drug-likeness (QED) is 0.0612. The van der Waals surface area contributed by atoms with Crippen LogP contribution in [0.25, 0.3) is 21.5 Å². The van der Waals surface area contributed by atoms with E-state index in [1.165, 1.54) is 38.9 Å². The SMILES string of the molecule is CN[C@@H](C)C(=O)N[C@H](C(=O)N1C[C@@H]2C[C@H]1C(=O)N[C@@H](Cc1ccc3ccccc3c1)C(=O)N[C@H](C(=O)O)Cc1ccc(cc1)OCCCCO[C@H]1C[C@@H](C(=O)N[C@@H](Cc3ccc4ccccc4c3)C(=O)N[C@H](C(=O)NS(=O)(=O)c3ccccn3)Cc3ccc(cc3)OCc3cn2nn3)N(C(=O)[C@@H](NC(=O)[C@H](C)NC)C(C)(C)C)C1)C(C)(C)C. The van der Waals surface area contributed by atoms with Crippen LogP contribution in [0, 0.1) is 10.8 Å². The Balaban J connectivity index is 0.927. The van der Waals surface area contributed by atoms with Crippen LogP contribution >= 0.6 is 0 Å². The third-order valence-electron chi connectivity index (χ3n) is 21.5. The number of carbonyl (C=O) groups is 10. The Morgan fingerprint density at radius 3 is 1.56 bits per heavy atom. The molecule has 6 aliphatic rings. The molecule has 10 N–H and O–H groups in total. The normalized spacial score (nSPS) is 21.5. The van der Waals surface area contributed by atoms with Gasteiger partial charge in [0.05, 0.1) is 37.0 Å². The van der Waals surface area contributed by atoms with Crippen LogP contribution in [0.15, 0.2) is 169 Å². The maximum Gasteiger partial charge on any atom is 0.326 e. The first-order valence-electron chi connectivity index (χ1n) is 39.6. The summed E-state index contributed by atoms with van der Waals surface area (Å²) in [6, 6.07) is 30.3. The molecule has 0 aliphatic carbocycles. The maximum absolute atomic E-state index is 15.4. The summed E-state index contributed by atoms with van der Waals surface area (Å²) in [6.45, 7) is 13.9. The second-order valence-electron chi connectivity index (χ2n) is 32.5. The average Bonchev–Trinajstić information content (AvgIpc) is 1.63. The number of likely N-dealkylation sites (tertiary alicyclic amines) is 2. The fourth-order valence-electron chi connectivity index (χ4n) is 14.5. The minimum atomic E-state index is -4.66. The van der Waals surface area contributed by atoms with E-state index in [1.54, 1.807) is 130 Å². The topological polar surface area (TPSA) is 411 Å². The minimum Gasteiger partial charge on any atom is -0.494 e. The number of likely N-dealkylation sites (N-methyl/N-ethyl adjacent to an activating group) is 2. The Labute approximate surface area is 685 Å². The number of nitrogens with one attached hydrogen (secondary N) is 9. The van der Waals surface area contributed by atoms with Crippen LogP contribution in [0.4, 0.5) is 0 Å². The Hall–Kier alpha value is -11.7. The molecule has 6 aliphatic heterocycles. The van der Waals surface area contributed by atoms with Gasteiger partial charge in [0, 0.05) is 64.4 Å². The van der Waals surface area contributed by atoms with E-state index in [2.05, 4.69) is 62.6 Å². The van der Waals surface area contributed by atoms with Crippen LogP contribution in [0.3, 0.4) is 0 Å². The van der Waals surface area contributed by atoms with E-state index in [9.17, 15) is 37.5 Å². The van der Waals surface area contributed by atoms with Crippen molar-refractivity contribution in [1.82, 2.24) is 77.0 Å². The number of rotatable bonds is 16. The molecule has 14 rings (SSSR count). The van der Waals surface area contributed by atoms with E-state index in [-0.39, 0.29) is 71.4 Å². The molecular formula is C86H105N15O16S. The van der Waals surface area contributed by atoms with Gasteiger partial charge in [-0.2, -0.15) is 8.42 Å². The first-order chi connectivity index (χ1) is 56.2. The highest BCUT2D eigenvalue weighted by Gasteiger charge is 2.49. The summed E-state index contributed by atoms with van der Waals surface area (Å²) in [4.78, 5) is 153. The van der Waals surface area contributed by atoms with E-state index in [0.717, 1.165) is 21.5 Å². The first-order valence-corrected chi connectivity index (χ1v) is 41.1. The number of nitrogens with zero attached hydrogens (tertiary/aromatic N) is 6. The monoisotopic (exact) mass is 1640 g/mol. The summed E-state index contributed by atoms with van der Waals surface area (Å²) in [5, 5.41) is 45.5. The highest BCUT2D eigenvalue weighted by Crippen LogP contribution is 2.34. The molecule has 31 nitrogen and oxygen atoms in total. The summed E-state index contributed by atoms with van der Waals surface area (Å²) in [6.07, 6.45) is 2.14. The van der Waals surface area contributed by atoms with Crippen molar-refractivity contribution < 1.29 is 75.7 Å². The lowest BCUT2D eigenvalue weighted by Crippen LogP contribution is -2.61. The van der Waals surface area contributed by atoms with Gasteiger partial charge in [-0.1, -0.05) is 162 Å². The van der Waals surface area contributed by atoms with Crippen LogP contribution in [0.2, 0.25) is 0 Å². The number of aliphatic carboxylic acids is 1. The van der Waals surface area contributed by atoms with Crippen molar-refractivity contribution in [3.63, 3.8) is 0 Å².